The Morgan fingerprint density at radius 3 is 1.36 bits per heavy atom. The number of aromatic nitrogens is 1. The standard InChI is InChI=1S/C64H39NO/c1-3-19-40(20-4-1)42-37-38-57-55(39-42)43-23-15-16-35-56(43)65(57)63-50-30-13-11-28-48(50)60(49-29-12-14-31-51(49)63)52-32-18-36-58-62(52)54-34-17-33-53(64(54)66-58)61-46-26-9-7-24-44(46)59(41-21-5-2-6-22-41)45-25-8-10-27-47(45)61/h1-39H. The first kappa shape index (κ1) is 36.7. The molecule has 2 aromatic heterocycles. The monoisotopic (exact) mass is 837 g/mol. The highest BCUT2D eigenvalue weighted by Crippen LogP contribution is 2.50. The first-order chi connectivity index (χ1) is 32.8. The Morgan fingerprint density at radius 2 is 0.727 bits per heavy atom. The molecule has 14 rings (SSSR count). The van der Waals surface area contributed by atoms with Crippen LogP contribution in [0.4, 0.5) is 0 Å². The summed E-state index contributed by atoms with van der Waals surface area (Å²) in [6.07, 6.45) is 0. The normalized spacial score (nSPS) is 11.9. The fourth-order valence-corrected chi connectivity index (χ4v) is 11.2. The van der Waals surface area contributed by atoms with Gasteiger partial charge < -0.3 is 8.98 Å². The molecule has 66 heavy (non-hydrogen) atoms. The number of hydrogen-bond acceptors (Lipinski definition) is 1. The largest absolute Gasteiger partial charge is 0.455 e. The third-order valence-electron chi connectivity index (χ3n) is 14.0. The Labute approximate surface area is 380 Å². The Bertz CT molecular complexity index is 4160. The molecule has 12 aromatic carbocycles. The average molecular weight is 838 g/mol. The zero-order chi connectivity index (χ0) is 43.3. The van der Waals surface area contributed by atoms with E-state index in [4.69, 9.17) is 4.42 Å². The summed E-state index contributed by atoms with van der Waals surface area (Å²) in [5, 5.41) is 14.4. The van der Waals surface area contributed by atoms with Crippen LogP contribution in [0.1, 0.15) is 0 Å². The van der Waals surface area contributed by atoms with Gasteiger partial charge in [-0.25, -0.2) is 0 Å². The highest BCUT2D eigenvalue weighted by molar-refractivity contribution is 6.28. The van der Waals surface area contributed by atoms with Gasteiger partial charge in [0.05, 0.1) is 16.7 Å². The van der Waals surface area contributed by atoms with Crippen LogP contribution in [0.25, 0.3) is 137 Å². The van der Waals surface area contributed by atoms with Gasteiger partial charge in [-0.15, -0.1) is 0 Å². The van der Waals surface area contributed by atoms with E-state index in [1.807, 2.05) is 0 Å². The van der Waals surface area contributed by atoms with Gasteiger partial charge in [-0.1, -0.05) is 212 Å². The van der Waals surface area contributed by atoms with Gasteiger partial charge in [-0.2, -0.15) is 0 Å². The number of benzene rings is 12. The molecule has 0 N–H and O–H groups in total. The van der Waals surface area contributed by atoms with Crippen molar-refractivity contribution in [2.75, 3.05) is 0 Å². The molecule has 0 fully saturated rings. The number of rotatable bonds is 5. The maximum atomic E-state index is 7.15. The fraction of sp³-hybridized carbons (Fsp3) is 0. The van der Waals surface area contributed by atoms with E-state index in [1.165, 1.54) is 104 Å². The topological polar surface area (TPSA) is 18.1 Å². The van der Waals surface area contributed by atoms with Crippen molar-refractivity contribution in [2.24, 2.45) is 0 Å². The quantitative estimate of drug-likeness (QED) is 0.158. The van der Waals surface area contributed by atoms with Gasteiger partial charge in [0, 0.05) is 43.4 Å². The van der Waals surface area contributed by atoms with Crippen LogP contribution in [0.2, 0.25) is 0 Å². The van der Waals surface area contributed by atoms with E-state index in [-0.39, 0.29) is 0 Å². The first-order valence-electron chi connectivity index (χ1n) is 22.8. The first-order valence-corrected chi connectivity index (χ1v) is 22.8. The second kappa shape index (κ2) is 14.4. The number of nitrogens with zero attached hydrogens (tertiary/aromatic N) is 1. The number of furan rings is 1. The predicted octanol–water partition coefficient (Wildman–Crippen LogP) is 18.0. The van der Waals surface area contributed by atoms with E-state index < -0.39 is 0 Å². The lowest BCUT2D eigenvalue weighted by molar-refractivity contribution is 0.670. The van der Waals surface area contributed by atoms with Crippen LogP contribution < -0.4 is 0 Å². The molecule has 0 saturated heterocycles. The summed E-state index contributed by atoms with van der Waals surface area (Å²) in [5.41, 5.74) is 14.9. The predicted molar refractivity (Wildman–Crippen MR) is 280 cm³/mol. The molecule has 306 valence electrons. The van der Waals surface area contributed by atoms with Crippen LogP contribution in [0.5, 0.6) is 0 Å². The van der Waals surface area contributed by atoms with Crippen molar-refractivity contribution in [3.63, 3.8) is 0 Å². The smallest absolute Gasteiger partial charge is 0.143 e. The molecular weight excluding hydrogens is 799 g/mol. The Kier molecular flexibility index (Phi) is 8.02. The van der Waals surface area contributed by atoms with Crippen LogP contribution in [0, 0.1) is 0 Å². The summed E-state index contributed by atoms with van der Waals surface area (Å²) in [6, 6.07) is 86.3. The SMILES string of the molecule is c1ccc(-c2ccc3c(c2)c2ccccc2n3-c2c3ccccc3c(-c3cccc4oc5c(-c6c7ccccc7c(-c7ccccc7)c7ccccc67)cccc5c34)c3ccccc23)cc1. The number of para-hydroxylation sites is 2. The van der Waals surface area contributed by atoms with Crippen molar-refractivity contribution in [1.82, 2.24) is 4.57 Å². The lowest BCUT2D eigenvalue weighted by Crippen LogP contribution is -1.99. The van der Waals surface area contributed by atoms with Gasteiger partial charge in [-0.3, -0.25) is 0 Å². The maximum Gasteiger partial charge on any atom is 0.143 e. The van der Waals surface area contributed by atoms with Crippen molar-refractivity contribution < 1.29 is 4.42 Å². The lowest BCUT2D eigenvalue weighted by atomic mass is 9.85. The zero-order valence-corrected chi connectivity index (χ0v) is 35.9. The second-order valence-corrected chi connectivity index (χ2v) is 17.4. The minimum Gasteiger partial charge on any atom is -0.455 e. The van der Waals surface area contributed by atoms with Gasteiger partial charge in [0.25, 0.3) is 0 Å². The molecule has 2 nitrogen and oxygen atoms in total. The molecule has 0 saturated carbocycles. The summed E-state index contributed by atoms with van der Waals surface area (Å²) in [7, 11) is 0. The molecular formula is C64H39NO. The molecule has 0 aliphatic heterocycles. The number of hydrogen-bond donors (Lipinski definition) is 0. The van der Waals surface area contributed by atoms with E-state index in [0.717, 1.165) is 33.1 Å². The van der Waals surface area contributed by atoms with Crippen molar-refractivity contribution in [3.8, 4) is 50.2 Å². The molecule has 0 amide bonds. The van der Waals surface area contributed by atoms with E-state index in [0.29, 0.717) is 0 Å². The van der Waals surface area contributed by atoms with Crippen LogP contribution >= 0.6 is 0 Å². The zero-order valence-electron chi connectivity index (χ0n) is 35.9. The van der Waals surface area contributed by atoms with Crippen LogP contribution in [-0.4, -0.2) is 4.57 Å². The molecule has 2 heteroatoms. The molecule has 0 aliphatic rings. The van der Waals surface area contributed by atoms with E-state index in [2.05, 4.69) is 241 Å². The van der Waals surface area contributed by atoms with Crippen LogP contribution in [-0.2, 0) is 0 Å². The average Bonchev–Trinajstić information content (AvgIpc) is 3.94. The van der Waals surface area contributed by atoms with Gasteiger partial charge in [-0.05, 0) is 90.0 Å². The van der Waals surface area contributed by atoms with Crippen LogP contribution in [0.3, 0.4) is 0 Å². The molecule has 0 aliphatic carbocycles. The molecule has 2 heterocycles. The molecule has 0 unspecified atom stereocenters. The minimum absolute atomic E-state index is 0.873. The van der Waals surface area contributed by atoms with E-state index in [9.17, 15) is 0 Å². The summed E-state index contributed by atoms with van der Waals surface area (Å²) in [6.45, 7) is 0. The van der Waals surface area contributed by atoms with Gasteiger partial charge >= 0.3 is 0 Å². The van der Waals surface area contributed by atoms with Crippen molar-refractivity contribution in [3.05, 3.63) is 237 Å². The fourth-order valence-electron chi connectivity index (χ4n) is 11.2. The summed E-state index contributed by atoms with van der Waals surface area (Å²) < 4.78 is 9.66. The minimum atomic E-state index is 0.873. The Hall–Kier alpha value is -8.72. The number of fused-ring (bicyclic) bond motifs is 10. The molecule has 0 bridgehead atoms. The lowest BCUT2D eigenvalue weighted by Gasteiger charge is -2.20. The maximum absolute atomic E-state index is 7.15. The van der Waals surface area contributed by atoms with Crippen molar-refractivity contribution in [2.45, 2.75) is 0 Å². The van der Waals surface area contributed by atoms with E-state index in [1.54, 1.807) is 0 Å². The summed E-state index contributed by atoms with van der Waals surface area (Å²) in [4.78, 5) is 0. The molecule has 14 aromatic rings. The van der Waals surface area contributed by atoms with Crippen molar-refractivity contribution >= 4 is 86.8 Å². The van der Waals surface area contributed by atoms with Crippen LogP contribution in [0.15, 0.2) is 241 Å². The highest BCUT2D eigenvalue weighted by Gasteiger charge is 2.25. The third kappa shape index (κ3) is 5.30. The summed E-state index contributed by atoms with van der Waals surface area (Å²) in [5.74, 6) is 0. The second-order valence-electron chi connectivity index (χ2n) is 17.4. The molecule has 0 atom stereocenters. The van der Waals surface area contributed by atoms with Gasteiger partial charge in [0.15, 0.2) is 0 Å². The Morgan fingerprint density at radius 1 is 0.273 bits per heavy atom. The van der Waals surface area contributed by atoms with Gasteiger partial charge in [0.2, 0.25) is 0 Å². The highest BCUT2D eigenvalue weighted by atomic mass is 16.3. The van der Waals surface area contributed by atoms with Gasteiger partial charge in [0.1, 0.15) is 11.2 Å². The van der Waals surface area contributed by atoms with Crippen molar-refractivity contribution in [1.29, 1.82) is 0 Å². The van der Waals surface area contributed by atoms with E-state index >= 15 is 0 Å². The summed E-state index contributed by atoms with van der Waals surface area (Å²) >= 11 is 0. The third-order valence-corrected chi connectivity index (χ3v) is 14.0. The molecule has 0 spiro atoms. The Balaban J connectivity index is 1.05. The molecule has 0 radical (unpaired) electrons.